The van der Waals surface area contributed by atoms with Crippen molar-refractivity contribution in [1.82, 2.24) is 0 Å². The Balaban J connectivity index is -0.000000151. The summed E-state index contributed by atoms with van der Waals surface area (Å²) in [6, 6.07) is 0. The van der Waals surface area contributed by atoms with Crippen molar-refractivity contribution in [2.24, 2.45) is 0 Å². The molecule has 0 rings (SSSR count). The zero-order valence-corrected chi connectivity index (χ0v) is 20.9. The highest BCUT2D eigenvalue weighted by Gasteiger charge is 2.37. The maximum Gasteiger partial charge on any atom is 0.485 e. The molecule has 16 heteroatoms. The number of rotatable bonds is 6. The number of alkyl halides is 6. The lowest BCUT2D eigenvalue weighted by Gasteiger charge is -2.08. The first-order valence-electron chi connectivity index (χ1n) is 8.52. The van der Waals surface area contributed by atoms with Crippen molar-refractivity contribution >= 4 is 42.0 Å². The standard InChI is InChI=1S/2C6H15S.2CHF3O3S/c2*1-4-7(5-2)6-3;2*2-1(3,4)8(5,6)7/h2*4-6H2,1-3H3;2*(H,5,6,7)/q2*+1;;/p-2. The second-order valence-corrected chi connectivity index (χ2v) is 13.4. The molecule has 0 saturated heterocycles. The summed E-state index contributed by atoms with van der Waals surface area (Å²) in [6.07, 6.45) is 0. The normalized spacial score (nSPS) is 12.3. The van der Waals surface area contributed by atoms with Gasteiger partial charge in [-0.3, -0.25) is 0 Å². The largest absolute Gasteiger partial charge is 0.741 e. The predicted octanol–water partition coefficient (Wildman–Crippen LogP) is 3.43. The lowest BCUT2D eigenvalue weighted by Crippen LogP contribution is -2.21. The van der Waals surface area contributed by atoms with Crippen LogP contribution in [0.3, 0.4) is 0 Å². The Morgan fingerprint density at radius 2 is 0.633 bits per heavy atom. The summed E-state index contributed by atoms with van der Waals surface area (Å²) in [4.78, 5) is 0. The van der Waals surface area contributed by atoms with Gasteiger partial charge in [0.05, 0.1) is 0 Å². The van der Waals surface area contributed by atoms with Crippen LogP contribution >= 0.6 is 0 Å². The molecular weight excluding hydrogens is 506 g/mol. The van der Waals surface area contributed by atoms with Crippen molar-refractivity contribution < 1.29 is 52.3 Å². The molecule has 0 fully saturated rings. The predicted molar refractivity (Wildman–Crippen MR) is 109 cm³/mol. The van der Waals surface area contributed by atoms with Crippen molar-refractivity contribution in [3.05, 3.63) is 0 Å². The molecule has 0 aromatic rings. The minimum atomic E-state index is -6.09. The van der Waals surface area contributed by atoms with Crippen LogP contribution in [-0.4, -0.2) is 71.5 Å². The molecule has 0 heterocycles. The van der Waals surface area contributed by atoms with E-state index in [2.05, 4.69) is 41.5 Å². The monoisotopic (exact) mass is 536 g/mol. The van der Waals surface area contributed by atoms with Gasteiger partial charge in [-0.2, -0.15) is 26.3 Å². The summed E-state index contributed by atoms with van der Waals surface area (Å²) in [6.45, 7) is 13.6. The van der Waals surface area contributed by atoms with Crippen molar-refractivity contribution in [3.63, 3.8) is 0 Å². The fourth-order valence-corrected chi connectivity index (χ4v) is 3.67. The van der Waals surface area contributed by atoms with Crippen LogP contribution in [0.5, 0.6) is 0 Å². The van der Waals surface area contributed by atoms with Gasteiger partial charge in [0, 0.05) is 0 Å². The van der Waals surface area contributed by atoms with Gasteiger partial charge in [0.15, 0.2) is 20.2 Å². The number of halogens is 6. The van der Waals surface area contributed by atoms with E-state index in [-0.39, 0.29) is 0 Å². The minimum absolute atomic E-state index is 0.755. The Hall–Kier alpha value is 0.1000. The second kappa shape index (κ2) is 17.6. The van der Waals surface area contributed by atoms with Crippen molar-refractivity contribution in [3.8, 4) is 0 Å². The molecule has 0 aliphatic heterocycles. The van der Waals surface area contributed by atoms with E-state index < -0.39 is 31.3 Å². The number of hydrogen-bond acceptors (Lipinski definition) is 6. The zero-order chi connectivity index (χ0) is 25.4. The lowest BCUT2D eigenvalue weighted by molar-refractivity contribution is -0.0522. The minimum Gasteiger partial charge on any atom is -0.741 e. The topological polar surface area (TPSA) is 114 Å². The van der Waals surface area contributed by atoms with Gasteiger partial charge in [-0.1, -0.05) is 0 Å². The Labute approximate surface area is 181 Å². The van der Waals surface area contributed by atoms with Crippen LogP contribution in [-0.2, 0) is 42.0 Å². The fraction of sp³-hybridized carbons (Fsp3) is 1.00. The molecule has 6 nitrogen and oxygen atoms in total. The average molecular weight is 537 g/mol. The van der Waals surface area contributed by atoms with Crippen molar-refractivity contribution in [1.29, 1.82) is 0 Å². The van der Waals surface area contributed by atoms with Crippen molar-refractivity contribution in [2.75, 3.05) is 34.5 Å². The maximum absolute atomic E-state index is 10.7. The summed E-state index contributed by atoms with van der Waals surface area (Å²) in [5, 5.41) is 0. The highest BCUT2D eigenvalue weighted by molar-refractivity contribution is 7.97. The van der Waals surface area contributed by atoms with Gasteiger partial charge < -0.3 is 9.11 Å². The third-order valence-electron chi connectivity index (χ3n) is 3.02. The molecule has 0 aliphatic rings. The first-order valence-corrected chi connectivity index (χ1v) is 14.8. The fourth-order valence-electron chi connectivity index (χ4n) is 1.22. The molecule has 0 aromatic heterocycles. The molecule has 0 atom stereocenters. The average Bonchev–Trinajstić information content (AvgIpc) is 2.56. The van der Waals surface area contributed by atoms with Crippen LogP contribution in [0, 0.1) is 0 Å². The van der Waals surface area contributed by atoms with E-state index in [9.17, 15) is 26.3 Å². The molecule has 0 bridgehead atoms. The summed E-state index contributed by atoms with van der Waals surface area (Å²) in [7, 11) is -10.7. The van der Waals surface area contributed by atoms with E-state index in [0.717, 1.165) is 21.8 Å². The summed E-state index contributed by atoms with van der Waals surface area (Å²) < 4.78 is 118. The van der Waals surface area contributed by atoms with Gasteiger partial charge in [0.1, 0.15) is 34.5 Å². The van der Waals surface area contributed by atoms with E-state index in [1.54, 1.807) is 0 Å². The van der Waals surface area contributed by atoms with Gasteiger partial charge in [0.25, 0.3) is 0 Å². The van der Waals surface area contributed by atoms with Crippen LogP contribution < -0.4 is 0 Å². The third kappa shape index (κ3) is 22.8. The number of hydrogen-bond donors (Lipinski definition) is 0. The van der Waals surface area contributed by atoms with Gasteiger partial charge in [0.2, 0.25) is 0 Å². The Morgan fingerprint density at radius 1 is 0.533 bits per heavy atom. The highest BCUT2D eigenvalue weighted by Crippen LogP contribution is 2.21. The first kappa shape index (κ1) is 37.4. The Bertz CT molecular complexity index is 532. The van der Waals surface area contributed by atoms with Crippen molar-refractivity contribution in [2.45, 2.75) is 52.6 Å². The van der Waals surface area contributed by atoms with Gasteiger partial charge in [-0.05, 0) is 63.3 Å². The van der Waals surface area contributed by atoms with E-state index in [0.29, 0.717) is 0 Å². The van der Waals surface area contributed by atoms with Crippen LogP contribution in [0.1, 0.15) is 41.5 Å². The quantitative estimate of drug-likeness (QED) is 0.222. The highest BCUT2D eigenvalue weighted by atomic mass is 32.2. The zero-order valence-electron chi connectivity index (χ0n) is 17.6. The SMILES string of the molecule is CC[S+](CC)CC.CC[S+](CC)CC.O=S(=O)([O-])C(F)(F)F.O=S(=O)([O-])C(F)(F)F. The van der Waals surface area contributed by atoms with Gasteiger partial charge in [-0.25, -0.2) is 16.8 Å². The van der Waals surface area contributed by atoms with E-state index >= 15 is 0 Å². The summed E-state index contributed by atoms with van der Waals surface area (Å²) >= 11 is 0. The molecule has 0 aromatic carbocycles. The Kier molecular flexibility index (Phi) is 22.0. The molecule has 0 unspecified atom stereocenters. The molecule has 0 radical (unpaired) electrons. The van der Waals surface area contributed by atoms with Crippen LogP contribution in [0.4, 0.5) is 26.3 Å². The Morgan fingerprint density at radius 3 is 0.633 bits per heavy atom. The van der Waals surface area contributed by atoms with Crippen LogP contribution in [0.2, 0.25) is 0 Å². The molecule has 0 N–H and O–H groups in total. The molecule has 0 aliphatic carbocycles. The molecule has 0 spiro atoms. The second-order valence-electron chi connectivity index (χ2n) is 4.76. The maximum atomic E-state index is 10.7. The van der Waals surface area contributed by atoms with E-state index in [1.165, 1.54) is 34.5 Å². The smallest absolute Gasteiger partial charge is 0.485 e. The van der Waals surface area contributed by atoms with Crippen LogP contribution in [0.25, 0.3) is 0 Å². The van der Waals surface area contributed by atoms with Gasteiger partial charge in [-0.15, -0.1) is 0 Å². The third-order valence-corrected chi connectivity index (χ3v) is 9.05. The summed E-state index contributed by atoms with van der Waals surface area (Å²) in [5.41, 5.74) is -11.3. The molecular formula is C14H30F6O6S4. The summed E-state index contributed by atoms with van der Waals surface area (Å²) in [5.74, 6) is 8.29. The van der Waals surface area contributed by atoms with Crippen LogP contribution in [0.15, 0.2) is 0 Å². The first-order chi connectivity index (χ1) is 13.2. The molecule has 0 saturated carbocycles. The molecule has 30 heavy (non-hydrogen) atoms. The lowest BCUT2D eigenvalue weighted by atomic mass is 10.9. The molecule has 188 valence electrons. The van der Waals surface area contributed by atoms with Gasteiger partial charge >= 0.3 is 11.0 Å². The molecule has 0 amide bonds. The van der Waals surface area contributed by atoms with E-state index in [1.807, 2.05) is 0 Å². The van der Waals surface area contributed by atoms with E-state index in [4.69, 9.17) is 25.9 Å².